The molecule has 0 bridgehead atoms. The molecule has 2 N–H and O–H groups in total. The van der Waals surface area contributed by atoms with Crippen LogP contribution in [0.15, 0.2) is 11.6 Å². The second-order valence-corrected chi connectivity index (χ2v) is 14.9. The Morgan fingerprint density at radius 3 is 2.47 bits per heavy atom. The van der Waals surface area contributed by atoms with Crippen LogP contribution in [0.25, 0.3) is 0 Å². The van der Waals surface area contributed by atoms with E-state index < -0.39 is 40.1 Å². The number of epoxide rings is 1. The van der Waals surface area contributed by atoms with E-state index in [1.807, 2.05) is 0 Å². The maximum absolute atomic E-state index is 11.9. The highest BCUT2D eigenvalue weighted by molar-refractivity contribution is 7.80. The fourth-order valence-electron chi connectivity index (χ4n) is 9.58. The van der Waals surface area contributed by atoms with Crippen molar-refractivity contribution in [1.82, 2.24) is 0 Å². The van der Waals surface area contributed by atoms with Crippen molar-refractivity contribution in [1.29, 1.82) is 0 Å². The average molecular weight is 555 g/mol. The van der Waals surface area contributed by atoms with Crippen molar-refractivity contribution in [2.75, 3.05) is 0 Å². The van der Waals surface area contributed by atoms with Gasteiger partial charge in [-0.3, -0.25) is 9.35 Å². The summed E-state index contributed by atoms with van der Waals surface area (Å²) in [5, 5.41) is 11.0. The molecule has 0 radical (unpaired) electrons. The predicted octanol–water partition coefficient (Wildman–Crippen LogP) is 4.72. The molecule has 0 aromatic carbocycles. The maximum Gasteiger partial charge on any atom is 0.397 e. The van der Waals surface area contributed by atoms with Gasteiger partial charge in [-0.1, -0.05) is 46.3 Å². The Kier molecular flexibility index (Phi) is 7.37. The van der Waals surface area contributed by atoms with Crippen molar-refractivity contribution in [2.24, 2.45) is 46.3 Å². The molecular formula is C29H46O8S. The summed E-state index contributed by atoms with van der Waals surface area (Å²) in [4.78, 5) is 11.9. The Bertz CT molecular complexity index is 1070. The third-order valence-corrected chi connectivity index (χ3v) is 11.7. The van der Waals surface area contributed by atoms with Crippen LogP contribution < -0.4 is 0 Å². The third-order valence-electron chi connectivity index (χ3n) is 11.2. The van der Waals surface area contributed by atoms with Gasteiger partial charge in [0.05, 0.1) is 12.2 Å². The molecule has 0 aromatic heterocycles. The van der Waals surface area contributed by atoms with Crippen molar-refractivity contribution in [3.8, 4) is 0 Å². The number of allylic oxidation sites excluding steroid dienone is 2. The SMILES string of the molecule is CC(=O)OC1CC2(C)C3CCC4(C)C(CCC4C(C)C4OC4CC(C)C)C3=CCC2C(OS(=O)(=O)O)C1O. The Hall–Kier alpha value is -1.00. The quantitative estimate of drug-likeness (QED) is 0.201. The van der Waals surface area contributed by atoms with E-state index in [4.69, 9.17) is 13.7 Å². The van der Waals surface area contributed by atoms with Crippen molar-refractivity contribution in [3.05, 3.63) is 11.6 Å². The van der Waals surface area contributed by atoms with Crippen LogP contribution in [0, 0.1) is 46.3 Å². The van der Waals surface area contributed by atoms with E-state index in [1.54, 1.807) is 0 Å². The number of ether oxygens (including phenoxy) is 2. The molecule has 5 aliphatic rings. The summed E-state index contributed by atoms with van der Waals surface area (Å²) < 4.78 is 49.8. The van der Waals surface area contributed by atoms with E-state index in [1.165, 1.54) is 18.9 Å². The lowest BCUT2D eigenvalue weighted by atomic mass is 9.47. The van der Waals surface area contributed by atoms with Crippen molar-refractivity contribution >= 4 is 16.4 Å². The Morgan fingerprint density at radius 2 is 1.84 bits per heavy atom. The van der Waals surface area contributed by atoms with Gasteiger partial charge >= 0.3 is 16.4 Å². The summed E-state index contributed by atoms with van der Waals surface area (Å²) in [7, 11) is -4.80. The fourth-order valence-corrected chi connectivity index (χ4v) is 10.1. The molecule has 5 rings (SSSR count). The smallest absolute Gasteiger partial charge is 0.397 e. The zero-order valence-electron chi connectivity index (χ0n) is 23.6. The van der Waals surface area contributed by atoms with Crippen LogP contribution in [-0.4, -0.2) is 54.6 Å². The molecule has 3 saturated carbocycles. The second-order valence-electron chi connectivity index (χ2n) is 13.8. The number of rotatable bonds is 7. The molecule has 12 atom stereocenters. The molecule has 0 amide bonds. The van der Waals surface area contributed by atoms with Gasteiger partial charge < -0.3 is 14.6 Å². The summed E-state index contributed by atoms with van der Waals surface area (Å²) in [6.07, 6.45) is 6.08. The minimum Gasteiger partial charge on any atom is -0.460 e. The number of fused-ring (bicyclic) bond motifs is 5. The third kappa shape index (κ3) is 4.89. The maximum atomic E-state index is 11.9. The van der Waals surface area contributed by atoms with E-state index in [0.717, 1.165) is 25.7 Å². The first-order chi connectivity index (χ1) is 17.7. The van der Waals surface area contributed by atoms with E-state index in [2.05, 4.69) is 40.7 Å². The molecule has 0 spiro atoms. The lowest BCUT2D eigenvalue weighted by Gasteiger charge is -2.59. The fraction of sp³-hybridized carbons (Fsp3) is 0.897. The summed E-state index contributed by atoms with van der Waals surface area (Å²) in [6, 6.07) is 0. The highest BCUT2D eigenvalue weighted by Gasteiger charge is 2.63. The Labute approximate surface area is 227 Å². The topological polar surface area (TPSA) is 123 Å². The Morgan fingerprint density at radius 1 is 1.16 bits per heavy atom. The van der Waals surface area contributed by atoms with Crippen LogP contribution in [0.4, 0.5) is 0 Å². The molecule has 12 unspecified atom stereocenters. The number of aliphatic hydroxyl groups is 1. The normalized spacial score (nSPS) is 47.0. The molecular weight excluding hydrogens is 508 g/mol. The van der Waals surface area contributed by atoms with Crippen LogP contribution in [0.3, 0.4) is 0 Å². The van der Waals surface area contributed by atoms with Crippen LogP contribution >= 0.6 is 0 Å². The first-order valence-corrected chi connectivity index (χ1v) is 15.9. The molecule has 9 heteroatoms. The van der Waals surface area contributed by atoms with E-state index in [0.29, 0.717) is 48.7 Å². The highest BCUT2D eigenvalue weighted by Crippen LogP contribution is 2.67. The number of esters is 1. The van der Waals surface area contributed by atoms with E-state index in [9.17, 15) is 22.9 Å². The zero-order chi connectivity index (χ0) is 27.8. The van der Waals surface area contributed by atoms with Gasteiger partial charge in [0.2, 0.25) is 0 Å². The van der Waals surface area contributed by atoms with Crippen LogP contribution in [0.1, 0.15) is 86.5 Å². The summed E-state index contributed by atoms with van der Waals surface area (Å²) >= 11 is 0. The number of carbonyl (C=O) groups is 1. The van der Waals surface area contributed by atoms with Gasteiger partial charge in [0.1, 0.15) is 18.3 Å². The van der Waals surface area contributed by atoms with Gasteiger partial charge in [0, 0.05) is 6.92 Å². The molecule has 0 aromatic rings. The number of aliphatic hydroxyl groups excluding tert-OH is 1. The predicted molar refractivity (Wildman–Crippen MR) is 141 cm³/mol. The molecule has 4 aliphatic carbocycles. The lowest BCUT2D eigenvalue weighted by Crippen LogP contribution is -2.61. The average Bonchev–Trinajstić information content (AvgIpc) is 3.45. The van der Waals surface area contributed by atoms with Gasteiger partial charge in [0.25, 0.3) is 0 Å². The van der Waals surface area contributed by atoms with Gasteiger partial charge in [-0.15, -0.1) is 0 Å². The highest BCUT2D eigenvalue weighted by atomic mass is 32.3. The molecule has 4 fully saturated rings. The van der Waals surface area contributed by atoms with Crippen molar-refractivity contribution < 1.29 is 36.5 Å². The van der Waals surface area contributed by atoms with Crippen molar-refractivity contribution in [3.63, 3.8) is 0 Å². The van der Waals surface area contributed by atoms with Gasteiger partial charge in [-0.25, -0.2) is 4.18 Å². The van der Waals surface area contributed by atoms with Gasteiger partial charge in [0.15, 0.2) is 0 Å². The molecule has 1 saturated heterocycles. The monoisotopic (exact) mass is 554 g/mol. The number of hydrogen-bond acceptors (Lipinski definition) is 7. The van der Waals surface area contributed by atoms with Crippen molar-refractivity contribution in [2.45, 2.75) is 117 Å². The van der Waals surface area contributed by atoms with Crippen LogP contribution in [0.2, 0.25) is 0 Å². The minimum absolute atomic E-state index is 0.178. The molecule has 1 aliphatic heterocycles. The summed E-state index contributed by atoms with van der Waals surface area (Å²) in [5.41, 5.74) is 1.20. The minimum atomic E-state index is -4.80. The molecule has 8 nitrogen and oxygen atoms in total. The van der Waals surface area contributed by atoms with Crippen LogP contribution in [-0.2, 0) is 28.9 Å². The van der Waals surface area contributed by atoms with Crippen LogP contribution in [0.5, 0.6) is 0 Å². The standard InChI is InChI=1S/C29H46O8S/c1-15(2)13-23-26(36-23)16(3)19-9-10-20-18-7-8-22-27(37-38(32,33)34)25(31)24(35-17(4)30)14-29(22,6)21(18)11-12-28(19,20)5/h7,15-16,19-27,31H,8-14H2,1-6H3,(H,32,33,34). The summed E-state index contributed by atoms with van der Waals surface area (Å²) in [5.74, 6) is 1.53. The lowest BCUT2D eigenvalue weighted by molar-refractivity contribution is -0.189. The first-order valence-electron chi connectivity index (χ1n) is 14.5. The Balaban J connectivity index is 1.41. The number of hydrogen-bond donors (Lipinski definition) is 2. The summed E-state index contributed by atoms with van der Waals surface area (Å²) in [6.45, 7) is 12.8. The zero-order valence-corrected chi connectivity index (χ0v) is 24.4. The largest absolute Gasteiger partial charge is 0.460 e. The first kappa shape index (κ1) is 28.5. The molecule has 1 heterocycles. The number of carbonyl (C=O) groups excluding carboxylic acids is 1. The molecule has 216 valence electrons. The molecule has 38 heavy (non-hydrogen) atoms. The van der Waals surface area contributed by atoms with E-state index >= 15 is 0 Å². The van der Waals surface area contributed by atoms with Gasteiger partial charge in [-0.2, -0.15) is 8.42 Å². The van der Waals surface area contributed by atoms with Gasteiger partial charge in [-0.05, 0) is 91.3 Å². The second kappa shape index (κ2) is 9.82. The van der Waals surface area contributed by atoms with E-state index in [-0.39, 0.29) is 17.3 Å².